The van der Waals surface area contributed by atoms with Crippen LogP contribution in [0.3, 0.4) is 0 Å². The highest BCUT2D eigenvalue weighted by atomic mass is 16.7. The van der Waals surface area contributed by atoms with Crippen molar-refractivity contribution in [3.8, 4) is 6.07 Å². The van der Waals surface area contributed by atoms with E-state index in [9.17, 15) is 19.6 Å². The van der Waals surface area contributed by atoms with Gasteiger partial charge in [-0.15, -0.1) is 0 Å². The molecule has 2 aromatic rings. The lowest BCUT2D eigenvalue weighted by molar-refractivity contribution is -0.182. The maximum Gasteiger partial charge on any atom is 0.409 e. The van der Waals surface area contributed by atoms with Crippen LogP contribution in [0.4, 0.5) is 10.7 Å². The highest BCUT2D eigenvalue weighted by Crippen LogP contribution is 2.33. The molecule has 0 aliphatic carbocycles. The second kappa shape index (κ2) is 11.6. The molecule has 1 atom stereocenters. The number of nitrogens with one attached hydrogen (secondary N) is 1. The Hall–Kier alpha value is -4.31. The predicted octanol–water partition coefficient (Wildman–Crippen LogP) is 1.44. The predicted molar refractivity (Wildman–Crippen MR) is 136 cm³/mol. The van der Waals surface area contributed by atoms with Crippen molar-refractivity contribution in [2.24, 2.45) is 5.92 Å². The number of carbonyl (C=O) groups is 3. The monoisotopic (exact) mass is 534 g/mol. The van der Waals surface area contributed by atoms with Crippen molar-refractivity contribution < 1.29 is 24.0 Å². The van der Waals surface area contributed by atoms with Crippen molar-refractivity contribution in [2.45, 2.75) is 38.3 Å². The second-order valence-electron chi connectivity index (χ2n) is 9.70. The van der Waals surface area contributed by atoms with Crippen LogP contribution in [0.1, 0.15) is 53.8 Å². The average molecular weight is 535 g/mol. The molecular weight excluding hydrogens is 504 g/mol. The van der Waals surface area contributed by atoms with Crippen LogP contribution in [0.2, 0.25) is 0 Å². The first-order valence-corrected chi connectivity index (χ1v) is 13.1. The lowest BCUT2D eigenvalue weighted by atomic mass is 9.94. The number of nitriles is 1. The standard InChI is InChI=1S/C26H30N8O5/c1-2-38-26(37)33-15-20(16-33)30-23(35)21-3-7-29-25(31-21)32-8-4-18(5-9-32)24(36)34-22(6-10-39-34)19-11-17(12-27)13-28-14-19/h3,7,11,13-14,18,20,22H,2,4-6,8-10,15-16H2,1H3,(H,30,35)/t22-/m0/s1. The van der Waals surface area contributed by atoms with Crippen molar-refractivity contribution in [3.63, 3.8) is 0 Å². The van der Waals surface area contributed by atoms with Crippen LogP contribution in [0.25, 0.3) is 0 Å². The third kappa shape index (κ3) is 5.75. The topological polar surface area (TPSA) is 154 Å². The van der Waals surface area contributed by atoms with Crippen LogP contribution in [0.5, 0.6) is 0 Å². The Labute approximate surface area is 225 Å². The first-order chi connectivity index (χ1) is 19.0. The molecule has 3 aliphatic rings. The van der Waals surface area contributed by atoms with Crippen molar-refractivity contribution in [3.05, 3.63) is 47.5 Å². The van der Waals surface area contributed by atoms with Crippen LogP contribution >= 0.6 is 0 Å². The number of amides is 3. The molecule has 5 rings (SSSR count). The molecule has 3 fully saturated rings. The third-order valence-corrected chi connectivity index (χ3v) is 7.14. The summed E-state index contributed by atoms with van der Waals surface area (Å²) in [4.78, 5) is 59.9. The molecular formula is C26H30N8O5. The molecule has 3 amide bonds. The molecule has 0 radical (unpaired) electrons. The van der Waals surface area contributed by atoms with Gasteiger partial charge in [0.25, 0.3) is 5.91 Å². The fraction of sp³-hybridized carbons (Fsp3) is 0.500. The van der Waals surface area contributed by atoms with E-state index in [1.54, 1.807) is 31.5 Å². The minimum atomic E-state index is -0.383. The molecule has 0 bridgehead atoms. The maximum absolute atomic E-state index is 13.3. The Bertz CT molecular complexity index is 1270. The Kier molecular flexibility index (Phi) is 7.83. The number of ether oxygens (including phenoxy) is 1. The van der Waals surface area contributed by atoms with Gasteiger partial charge in [0, 0.05) is 57.1 Å². The summed E-state index contributed by atoms with van der Waals surface area (Å²) in [6.45, 7) is 4.39. The average Bonchev–Trinajstić information content (AvgIpc) is 3.44. The Morgan fingerprint density at radius 2 is 2.00 bits per heavy atom. The van der Waals surface area contributed by atoms with E-state index in [1.165, 1.54) is 16.2 Å². The van der Waals surface area contributed by atoms with Gasteiger partial charge in [-0.25, -0.2) is 19.8 Å². The summed E-state index contributed by atoms with van der Waals surface area (Å²) in [5, 5.41) is 13.5. The number of pyridine rings is 1. The Morgan fingerprint density at radius 1 is 1.21 bits per heavy atom. The summed E-state index contributed by atoms with van der Waals surface area (Å²) in [6, 6.07) is 4.96. The largest absolute Gasteiger partial charge is 0.450 e. The maximum atomic E-state index is 13.3. The fourth-order valence-corrected chi connectivity index (χ4v) is 5.02. The number of hydroxylamine groups is 2. The normalized spacial score (nSPS) is 19.8. The number of hydrogen-bond donors (Lipinski definition) is 1. The molecule has 0 saturated carbocycles. The summed E-state index contributed by atoms with van der Waals surface area (Å²) in [5.41, 5.74) is 1.48. The van der Waals surface area contributed by atoms with Gasteiger partial charge in [-0.05, 0) is 37.5 Å². The smallest absolute Gasteiger partial charge is 0.409 e. The van der Waals surface area contributed by atoms with Gasteiger partial charge in [-0.3, -0.25) is 19.4 Å². The molecule has 5 heterocycles. The lowest BCUT2D eigenvalue weighted by Crippen LogP contribution is -2.61. The number of carbonyl (C=O) groups excluding carboxylic acids is 3. The van der Waals surface area contributed by atoms with Gasteiger partial charge >= 0.3 is 6.09 Å². The minimum Gasteiger partial charge on any atom is -0.450 e. The number of nitrogens with zero attached hydrogens (tertiary/aromatic N) is 7. The van der Waals surface area contributed by atoms with Crippen molar-refractivity contribution in [2.75, 3.05) is 44.3 Å². The molecule has 0 aromatic carbocycles. The summed E-state index contributed by atoms with van der Waals surface area (Å²) < 4.78 is 4.96. The first-order valence-electron chi connectivity index (χ1n) is 13.1. The molecule has 0 spiro atoms. The fourth-order valence-electron chi connectivity index (χ4n) is 5.02. The van der Waals surface area contributed by atoms with Crippen molar-refractivity contribution in [1.29, 1.82) is 5.26 Å². The van der Waals surface area contributed by atoms with Gasteiger partial charge in [0.2, 0.25) is 11.9 Å². The van der Waals surface area contributed by atoms with Gasteiger partial charge in [0.15, 0.2) is 0 Å². The first kappa shape index (κ1) is 26.3. The Morgan fingerprint density at radius 3 is 2.74 bits per heavy atom. The molecule has 13 heteroatoms. The molecule has 2 aromatic heterocycles. The summed E-state index contributed by atoms with van der Waals surface area (Å²) >= 11 is 0. The molecule has 39 heavy (non-hydrogen) atoms. The number of anilines is 1. The van der Waals surface area contributed by atoms with E-state index in [1.807, 2.05) is 4.90 Å². The lowest BCUT2D eigenvalue weighted by Gasteiger charge is -2.38. The van der Waals surface area contributed by atoms with Crippen LogP contribution < -0.4 is 10.2 Å². The summed E-state index contributed by atoms with van der Waals surface area (Å²) in [7, 11) is 0. The molecule has 3 aliphatic heterocycles. The molecule has 3 saturated heterocycles. The van der Waals surface area contributed by atoms with E-state index in [2.05, 4.69) is 26.3 Å². The molecule has 1 N–H and O–H groups in total. The zero-order chi connectivity index (χ0) is 27.4. The van der Waals surface area contributed by atoms with E-state index in [-0.39, 0.29) is 41.6 Å². The second-order valence-corrected chi connectivity index (χ2v) is 9.70. The van der Waals surface area contributed by atoms with Crippen molar-refractivity contribution >= 4 is 23.9 Å². The van der Waals surface area contributed by atoms with Crippen LogP contribution in [0.15, 0.2) is 30.7 Å². The summed E-state index contributed by atoms with van der Waals surface area (Å²) in [5.74, 6) is -0.193. The zero-order valence-electron chi connectivity index (χ0n) is 21.7. The van der Waals surface area contributed by atoms with Gasteiger partial charge < -0.3 is 19.9 Å². The molecule has 0 unspecified atom stereocenters. The number of piperidine rings is 1. The van der Waals surface area contributed by atoms with E-state index in [0.29, 0.717) is 70.2 Å². The number of hydrogen-bond acceptors (Lipinski definition) is 10. The van der Waals surface area contributed by atoms with Crippen molar-refractivity contribution in [1.82, 2.24) is 30.2 Å². The van der Waals surface area contributed by atoms with Crippen LogP contribution in [-0.2, 0) is 14.4 Å². The minimum absolute atomic E-state index is 0.0779. The zero-order valence-corrected chi connectivity index (χ0v) is 21.7. The highest BCUT2D eigenvalue weighted by Gasteiger charge is 2.38. The Balaban J connectivity index is 1.14. The van der Waals surface area contributed by atoms with Gasteiger partial charge in [-0.1, -0.05) is 0 Å². The van der Waals surface area contributed by atoms with Crippen LogP contribution in [0, 0.1) is 17.2 Å². The summed E-state index contributed by atoms with van der Waals surface area (Å²) in [6.07, 6.45) is 6.16. The number of aromatic nitrogens is 3. The van der Waals surface area contributed by atoms with E-state index in [4.69, 9.17) is 9.57 Å². The molecule has 13 nitrogen and oxygen atoms in total. The van der Waals surface area contributed by atoms with Crippen LogP contribution in [-0.4, -0.2) is 88.3 Å². The van der Waals surface area contributed by atoms with Gasteiger partial charge in [-0.2, -0.15) is 5.26 Å². The number of likely N-dealkylation sites (tertiary alicyclic amines) is 1. The SMILES string of the molecule is CCOC(=O)N1CC(NC(=O)c2ccnc(N3CCC(C(=O)N4OCC[C@H]4c4cncc(C#N)c4)CC3)n2)C1. The van der Waals surface area contributed by atoms with Gasteiger partial charge in [0.1, 0.15) is 11.8 Å². The third-order valence-electron chi connectivity index (χ3n) is 7.14. The number of rotatable bonds is 6. The van der Waals surface area contributed by atoms with E-state index < -0.39 is 0 Å². The van der Waals surface area contributed by atoms with Gasteiger partial charge in [0.05, 0.1) is 30.9 Å². The van der Waals surface area contributed by atoms with E-state index in [0.717, 1.165) is 5.56 Å². The molecule has 204 valence electrons. The highest BCUT2D eigenvalue weighted by molar-refractivity contribution is 5.93. The quantitative estimate of drug-likeness (QED) is 0.576. The van der Waals surface area contributed by atoms with E-state index >= 15 is 0 Å².